The molecule has 3 N–H and O–H groups in total. The Balaban J connectivity index is 3.37. The first-order valence-corrected chi connectivity index (χ1v) is 5.59. The van der Waals surface area contributed by atoms with Crippen molar-refractivity contribution in [2.45, 2.75) is 26.3 Å². The summed E-state index contributed by atoms with van der Waals surface area (Å²) in [5.41, 5.74) is -0.498. The number of carbonyl (C=O) groups is 1. The number of carboxylic acid groups (broad SMARTS) is 1. The van der Waals surface area contributed by atoms with Gasteiger partial charge in [0.15, 0.2) is 0 Å². The van der Waals surface area contributed by atoms with E-state index in [9.17, 15) is 20.0 Å². The van der Waals surface area contributed by atoms with Crippen molar-refractivity contribution < 1.29 is 19.9 Å². The predicted molar refractivity (Wildman–Crippen MR) is 69.6 cm³/mol. The number of aliphatic hydroxyl groups is 1. The van der Waals surface area contributed by atoms with E-state index in [1.54, 1.807) is 13.8 Å². The van der Waals surface area contributed by atoms with Gasteiger partial charge in [-0.05, 0) is 26.8 Å². The summed E-state index contributed by atoms with van der Waals surface area (Å²) in [6.07, 6.45) is 0. The maximum atomic E-state index is 11.0. The fraction of sp³-hybridized carbons (Fsp3) is 0.417. The first-order valence-electron chi connectivity index (χ1n) is 5.59. The Hall–Kier alpha value is -2.15. The molecule has 1 rings (SSSR count). The van der Waals surface area contributed by atoms with Crippen molar-refractivity contribution in [1.29, 1.82) is 0 Å². The lowest BCUT2D eigenvalue weighted by Crippen LogP contribution is -2.35. The van der Waals surface area contributed by atoms with Crippen LogP contribution in [0.3, 0.4) is 0 Å². The molecule has 0 bridgehead atoms. The highest BCUT2D eigenvalue weighted by atomic mass is 16.6. The second-order valence-electron chi connectivity index (χ2n) is 4.90. The fourth-order valence-electron chi connectivity index (χ4n) is 1.55. The Labute approximate surface area is 110 Å². The summed E-state index contributed by atoms with van der Waals surface area (Å²) < 4.78 is 0. The lowest BCUT2D eigenvalue weighted by Gasteiger charge is -2.26. The summed E-state index contributed by atoms with van der Waals surface area (Å²) in [6, 6.07) is 2.34. The minimum atomic E-state index is -1.24. The van der Waals surface area contributed by atoms with E-state index >= 15 is 0 Å². The molecule has 0 heterocycles. The summed E-state index contributed by atoms with van der Waals surface area (Å²) in [5, 5.41) is 32.0. The minimum absolute atomic E-state index is 0.173. The largest absolute Gasteiger partial charge is 0.478 e. The van der Waals surface area contributed by atoms with Gasteiger partial charge in [-0.1, -0.05) is 0 Å². The molecule has 0 fully saturated rings. The number of hydrogen-bond donors (Lipinski definition) is 3. The zero-order valence-corrected chi connectivity index (χ0v) is 10.9. The molecule has 0 radical (unpaired) electrons. The molecule has 0 saturated heterocycles. The second-order valence-corrected chi connectivity index (χ2v) is 4.90. The molecule has 1 aromatic rings. The summed E-state index contributed by atoms with van der Waals surface area (Å²) in [5.74, 6) is -1.24. The van der Waals surface area contributed by atoms with Crippen molar-refractivity contribution in [3.8, 4) is 0 Å². The molecule has 19 heavy (non-hydrogen) atoms. The summed E-state index contributed by atoms with van der Waals surface area (Å²) >= 11 is 0. The molecule has 104 valence electrons. The number of rotatable bonds is 5. The van der Waals surface area contributed by atoms with Gasteiger partial charge in [-0.2, -0.15) is 0 Å². The summed E-state index contributed by atoms with van der Waals surface area (Å²) in [6.45, 7) is 4.73. The van der Waals surface area contributed by atoms with Gasteiger partial charge in [0.05, 0.1) is 22.6 Å². The van der Waals surface area contributed by atoms with Gasteiger partial charge in [0.1, 0.15) is 0 Å². The number of hydrogen-bond acceptors (Lipinski definition) is 5. The number of aliphatic hydroxyl groups excluding tert-OH is 1. The van der Waals surface area contributed by atoms with Crippen molar-refractivity contribution in [3.05, 3.63) is 33.4 Å². The van der Waals surface area contributed by atoms with E-state index in [1.807, 2.05) is 0 Å². The van der Waals surface area contributed by atoms with Crippen molar-refractivity contribution >= 4 is 17.3 Å². The van der Waals surface area contributed by atoms with E-state index < -0.39 is 16.4 Å². The van der Waals surface area contributed by atoms with Crippen LogP contribution in [0.5, 0.6) is 0 Å². The number of benzene rings is 1. The van der Waals surface area contributed by atoms with Crippen molar-refractivity contribution in [2.24, 2.45) is 0 Å². The quantitative estimate of drug-likeness (QED) is 0.554. The second kappa shape index (κ2) is 5.23. The van der Waals surface area contributed by atoms with Crippen LogP contribution in [-0.4, -0.2) is 33.3 Å². The number of carboxylic acids is 1. The van der Waals surface area contributed by atoms with Crippen LogP contribution in [0.25, 0.3) is 0 Å². The maximum absolute atomic E-state index is 11.0. The molecule has 0 atom stereocenters. The maximum Gasteiger partial charge on any atom is 0.336 e. The molecular formula is C12H16N2O5. The van der Waals surface area contributed by atoms with Crippen LogP contribution in [0, 0.1) is 17.0 Å². The Morgan fingerprint density at radius 1 is 1.47 bits per heavy atom. The van der Waals surface area contributed by atoms with Gasteiger partial charge in [0, 0.05) is 17.3 Å². The number of nitrogens with zero attached hydrogens (tertiary/aromatic N) is 1. The molecule has 7 heteroatoms. The normalized spacial score (nSPS) is 11.2. The van der Waals surface area contributed by atoms with Gasteiger partial charge in [-0.25, -0.2) is 4.79 Å². The van der Waals surface area contributed by atoms with Crippen LogP contribution in [0.15, 0.2) is 12.1 Å². The van der Waals surface area contributed by atoms with Crippen molar-refractivity contribution in [2.75, 3.05) is 11.9 Å². The van der Waals surface area contributed by atoms with Crippen LogP contribution < -0.4 is 5.32 Å². The fourth-order valence-corrected chi connectivity index (χ4v) is 1.55. The van der Waals surface area contributed by atoms with E-state index in [1.165, 1.54) is 13.0 Å². The van der Waals surface area contributed by atoms with Gasteiger partial charge in [-0.3, -0.25) is 10.1 Å². The Morgan fingerprint density at radius 2 is 2.05 bits per heavy atom. The molecule has 0 aliphatic rings. The molecule has 0 saturated carbocycles. The van der Waals surface area contributed by atoms with Crippen LogP contribution in [0.1, 0.15) is 29.8 Å². The first kappa shape index (κ1) is 14.9. The van der Waals surface area contributed by atoms with Gasteiger partial charge < -0.3 is 15.5 Å². The first-order chi connectivity index (χ1) is 8.68. The zero-order valence-electron chi connectivity index (χ0n) is 10.9. The monoisotopic (exact) mass is 268 g/mol. The third-order valence-corrected chi connectivity index (χ3v) is 2.69. The molecular weight excluding hydrogens is 252 g/mol. The van der Waals surface area contributed by atoms with Gasteiger partial charge >= 0.3 is 5.97 Å². The topological polar surface area (TPSA) is 113 Å². The smallest absolute Gasteiger partial charge is 0.336 e. The molecule has 0 amide bonds. The molecule has 0 aliphatic carbocycles. The number of anilines is 1. The van der Waals surface area contributed by atoms with E-state index in [4.69, 9.17) is 5.11 Å². The minimum Gasteiger partial charge on any atom is -0.478 e. The van der Waals surface area contributed by atoms with E-state index in [0.29, 0.717) is 11.3 Å². The van der Waals surface area contributed by atoms with E-state index in [-0.39, 0.29) is 17.9 Å². The molecule has 0 aliphatic heterocycles. The molecule has 0 aromatic heterocycles. The van der Waals surface area contributed by atoms with E-state index in [0.717, 1.165) is 6.07 Å². The Bertz CT molecular complexity index is 525. The van der Waals surface area contributed by atoms with E-state index in [2.05, 4.69) is 5.32 Å². The molecule has 1 aromatic carbocycles. The molecule has 0 spiro atoms. The molecule has 0 unspecified atom stereocenters. The Kier molecular flexibility index (Phi) is 4.10. The van der Waals surface area contributed by atoms with Crippen LogP contribution in [-0.2, 0) is 0 Å². The number of aromatic carboxylic acids is 1. The number of nitrogens with one attached hydrogen (secondary N) is 1. The van der Waals surface area contributed by atoms with Crippen LogP contribution >= 0.6 is 0 Å². The lowest BCUT2D eigenvalue weighted by molar-refractivity contribution is -0.385. The summed E-state index contributed by atoms with van der Waals surface area (Å²) in [7, 11) is 0. The SMILES string of the molecule is Cc1c(NC(C)(C)CO)cc(C(=O)O)cc1[N+](=O)[O-]. The highest BCUT2D eigenvalue weighted by Crippen LogP contribution is 2.29. The van der Waals surface area contributed by atoms with Crippen LogP contribution in [0.4, 0.5) is 11.4 Å². The molecule has 7 nitrogen and oxygen atoms in total. The predicted octanol–water partition coefficient (Wildman–Crippen LogP) is 1.78. The third-order valence-electron chi connectivity index (χ3n) is 2.69. The third kappa shape index (κ3) is 3.41. The van der Waals surface area contributed by atoms with Gasteiger partial charge in [0.2, 0.25) is 0 Å². The average molecular weight is 268 g/mol. The highest BCUT2D eigenvalue weighted by Gasteiger charge is 2.23. The van der Waals surface area contributed by atoms with Gasteiger partial charge in [-0.15, -0.1) is 0 Å². The number of nitro groups is 1. The van der Waals surface area contributed by atoms with Crippen molar-refractivity contribution in [1.82, 2.24) is 0 Å². The highest BCUT2D eigenvalue weighted by molar-refractivity contribution is 5.90. The van der Waals surface area contributed by atoms with Crippen molar-refractivity contribution in [3.63, 3.8) is 0 Å². The van der Waals surface area contributed by atoms with Gasteiger partial charge in [0.25, 0.3) is 5.69 Å². The standard InChI is InChI=1S/C12H16N2O5/c1-7-9(13-12(2,3)6-15)4-8(11(16)17)5-10(7)14(18)19/h4-5,13,15H,6H2,1-3H3,(H,16,17). The lowest BCUT2D eigenvalue weighted by atomic mass is 10.0. The average Bonchev–Trinajstić information content (AvgIpc) is 2.30. The Morgan fingerprint density at radius 3 is 2.47 bits per heavy atom. The number of nitro benzene ring substituents is 1. The zero-order chi connectivity index (χ0) is 14.8. The van der Waals surface area contributed by atoms with Crippen LogP contribution in [0.2, 0.25) is 0 Å². The summed E-state index contributed by atoms with van der Waals surface area (Å²) in [4.78, 5) is 21.3.